The highest BCUT2D eigenvalue weighted by Crippen LogP contribution is 2.18. The van der Waals surface area contributed by atoms with Gasteiger partial charge in [-0.1, -0.05) is 12.1 Å². The molecule has 2 aromatic carbocycles. The van der Waals surface area contributed by atoms with E-state index in [0.29, 0.717) is 10.9 Å². The number of imidazole rings is 1. The number of para-hydroxylation sites is 1. The van der Waals surface area contributed by atoms with E-state index < -0.39 is 29.5 Å². The number of hydrogen-bond donors (Lipinski definition) is 2. The third kappa shape index (κ3) is 3.20. The molecule has 0 bridgehead atoms. The SMILES string of the molecule is O=C(Cn1c(=O)[nH]c2ccccc2c1=O)Nc1ccc(-n2ccnc2)c(F)c1. The van der Waals surface area contributed by atoms with Gasteiger partial charge in [0.15, 0.2) is 0 Å². The lowest BCUT2D eigenvalue weighted by atomic mass is 10.2. The van der Waals surface area contributed by atoms with Gasteiger partial charge in [-0.15, -0.1) is 0 Å². The van der Waals surface area contributed by atoms with Gasteiger partial charge in [0.25, 0.3) is 5.56 Å². The quantitative estimate of drug-likeness (QED) is 0.563. The number of benzene rings is 2. The summed E-state index contributed by atoms with van der Waals surface area (Å²) in [5, 5.41) is 2.79. The highest BCUT2D eigenvalue weighted by molar-refractivity contribution is 5.90. The number of aromatic nitrogens is 4. The van der Waals surface area contributed by atoms with Gasteiger partial charge < -0.3 is 14.9 Å². The van der Waals surface area contributed by atoms with Crippen LogP contribution in [0.15, 0.2) is 70.8 Å². The minimum Gasteiger partial charge on any atom is -0.324 e. The second-order valence-electron chi connectivity index (χ2n) is 6.05. The lowest BCUT2D eigenvalue weighted by Crippen LogP contribution is -2.38. The largest absolute Gasteiger partial charge is 0.329 e. The molecule has 0 saturated carbocycles. The number of H-pyrrole nitrogens is 1. The van der Waals surface area contributed by atoms with E-state index in [2.05, 4.69) is 15.3 Å². The standard InChI is InChI=1S/C19H14FN5O3/c20-14-9-12(5-6-16(14)24-8-7-21-11-24)22-17(26)10-25-18(27)13-3-1-2-4-15(13)23-19(25)28/h1-9,11H,10H2,(H,22,26)(H,23,28). The van der Waals surface area contributed by atoms with Crippen LogP contribution in [0.3, 0.4) is 0 Å². The molecule has 0 aliphatic carbocycles. The maximum Gasteiger partial charge on any atom is 0.329 e. The summed E-state index contributed by atoms with van der Waals surface area (Å²) in [5.41, 5.74) is -0.391. The van der Waals surface area contributed by atoms with Crippen molar-refractivity contribution in [3.05, 3.63) is 87.8 Å². The fraction of sp³-hybridized carbons (Fsp3) is 0.0526. The maximum absolute atomic E-state index is 14.3. The number of aromatic amines is 1. The highest BCUT2D eigenvalue weighted by atomic mass is 19.1. The number of halogens is 1. The molecule has 28 heavy (non-hydrogen) atoms. The van der Waals surface area contributed by atoms with Crippen LogP contribution in [-0.4, -0.2) is 25.0 Å². The summed E-state index contributed by atoms with van der Waals surface area (Å²) in [4.78, 5) is 43.3. The molecule has 2 aromatic heterocycles. The van der Waals surface area contributed by atoms with Crippen molar-refractivity contribution in [2.45, 2.75) is 6.54 Å². The maximum atomic E-state index is 14.3. The smallest absolute Gasteiger partial charge is 0.324 e. The molecule has 0 aliphatic rings. The minimum atomic E-state index is -0.694. The van der Waals surface area contributed by atoms with Gasteiger partial charge in [-0.3, -0.25) is 14.2 Å². The van der Waals surface area contributed by atoms with Gasteiger partial charge >= 0.3 is 5.69 Å². The number of amides is 1. The van der Waals surface area contributed by atoms with Gasteiger partial charge in [-0.2, -0.15) is 0 Å². The zero-order valence-corrected chi connectivity index (χ0v) is 14.4. The van der Waals surface area contributed by atoms with Gasteiger partial charge in [0, 0.05) is 18.1 Å². The molecular formula is C19H14FN5O3. The van der Waals surface area contributed by atoms with Crippen molar-refractivity contribution in [3.63, 3.8) is 0 Å². The van der Waals surface area contributed by atoms with Gasteiger partial charge in [0.1, 0.15) is 12.4 Å². The Balaban J connectivity index is 1.57. The van der Waals surface area contributed by atoms with Crippen molar-refractivity contribution in [3.8, 4) is 5.69 Å². The number of nitrogens with zero attached hydrogens (tertiary/aromatic N) is 3. The van der Waals surface area contributed by atoms with E-state index in [1.54, 1.807) is 30.5 Å². The molecule has 4 rings (SSSR count). The lowest BCUT2D eigenvalue weighted by Gasteiger charge is -2.10. The first kappa shape index (κ1) is 17.4. The molecule has 0 unspecified atom stereocenters. The molecule has 2 heterocycles. The molecule has 140 valence electrons. The summed E-state index contributed by atoms with van der Waals surface area (Å²) in [5.74, 6) is -1.19. The lowest BCUT2D eigenvalue weighted by molar-refractivity contribution is -0.116. The number of carbonyl (C=O) groups excluding carboxylic acids is 1. The van der Waals surface area contributed by atoms with Crippen molar-refractivity contribution in [2.75, 3.05) is 5.32 Å². The normalized spacial score (nSPS) is 10.9. The van der Waals surface area contributed by atoms with Crippen molar-refractivity contribution in [2.24, 2.45) is 0 Å². The van der Waals surface area contributed by atoms with Gasteiger partial charge in [-0.25, -0.2) is 14.2 Å². The first-order valence-corrected chi connectivity index (χ1v) is 8.32. The predicted molar refractivity (Wildman–Crippen MR) is 101 cm³/mol. The van der Waals surface area contributed by atoms with Gasteiger partial charge in [0.2, 0.25) is 5.91 Å². The third-order valence-electron chi connectivity index (χ3n) is 4.21. The fourth-order valence-corrected chi connectivity index (χ4v) is 2.88. The molecule has 8 nitrogen and oxygen atoms in total. The highest BCUT2D eigenvalue weighted by Gasteiger charge is 2.12. The molecule has 4 aromatic rings. The summed E-state index contributed by atoms with van der Waals surface area (Å²) in [6.45, 7) is -0.496. The summed E-state index contributed by atoms with van der Waals surface area (Å²) in [7, 11) is 0. The Morgan fingerprint density at radius 2 is 2.00 bits per heavy atom. The van der Waals surface area contributed by atoms with Gasteiger partial charge in [-0.05, 0) is 30.3 Å². The number of rotatable bonds is 4. The average molecular weight is 379 g/mol. The number of nitrogens with one attached hydrogen (secondary N) is 2. The summed E-state index contributed by atoms with van der Waals surface area (Å²) < 4.78 is 16.6. The summed E-state index contributed by atoms with van der Waals surface area (Å²) in [6, 6.07) is 10.7. The number of fused-ring (bicyclic) bond motifs is 1. The second kappa shape index (κ2) is 6.95. The Bertz CT molecular complexity index is 1290. The van der Waals surface area contributed by atoms with E-state index in [1.165, 1.54) is 29.2 Å². The van der Waals surface area contributed by atoms with E-state index in [-0.39, 0.29) is 11.4 Å². The number of anilines is 1. The van der Waals surface area contributed by atoms with Crippen LogP contribution in [0.1, 0.15) is 0 Å². The Labute approximate surface area is 156 Å². The van der Waals surface area contributed by atoms with Crippen LogP contribution in [0.2, 0.25) is 0 Å². The van der Waals surface area contributed by atoms with Crippen molar-refractivity contribution >= 4 is 22.5 Å². The summed E-state index contributed by atoms with van der Waals surface area (Å²) >= 11 is 0. The van der Waals surface area contributed by atoms with Crippen molar-refractivity contribution in [1.29, 1.82) is 0 Å². The van der Waals surface area contributed by atoms with E-state index in [9.17, 15) is 18.8 Å². The first-order valence-electron chi connectivity index (χ1n) is 8.32. The number of carbonyl (C=O) groups is 1. The fourth-order valence-electron chi connectivity index (χ4n) is 2.88. The van der Waals surface area contributed by atoms with Crippen LogP contribution >= 0.6 is 0 Å². The Kier molecular flexibility index (Phi) is 4.32. The van der Waals surface area contributed by atoms with Crippen LogP contribution in [0.25, 0.3) is 16.6 Å². The van der Waals surface area contributed by atoms with E-state index in [1.807, 2.05) is 0 Å². The summed E-state index contributed by atoms with van der Waals surface area (Å²) in [6.07, 6.45) is 4.57. The molecule has 1 amide bonds. The van der Waals surface area contributed by atoms with Crippen LogP contribution < -0.4 is 16.6 Å². The zero-order valence-electron chi connectivity index (χ0n) is 14.4. The molecule has 0 aliphatic heterocycles. The third-order valence-corrected chi connectivity index (χ3v) is 4.21. The second-order valence-corrected chi connectivity index (χ2v) is 6.05. The van der Waals surface area contributed by atoms with Gasteiger partial charge in [0.05, 0.1) is 22.9 Å². The first-order chi connectivity index (χ1) is 13.5. The van der Waals surface area contributed by atoms with Crippen LogP contribution in [0, 0.1) is 5.82 Å². The Morgan fingerprint density at radius 3 is 2.75 bits per heavy atom. The monoisotopic (exact) mass is 379 g/mol. The molecule has 0 radical (unpaired) electrons. The molecule has 0 spiro atoms. The Morgan fingerprint density at radius 1 is 1.18 bits per heavy atom. The minimum absolute atomic E-state index is 0.205. The van der Waals surface area contributed by atoms with Crippen molar-refractivity contribution < 1.29 is 9.18 Å². The molecule has 2 N–H and O–H groups in total. The molecule has 0 saturated heterocycles. The van der Waals surface area contributed by atoms with E-state index >= 15 is 0 Å². The van der Waals surface area contributed by atoms with Crippen LogP contribution in [0.4, 0.5) is 10.1 Å². The van der Waals surface area contributed by atoms with Crippen LogP contribution in [0.5, 0.6) is 0 Å². The molecule has 9 heteroatoms. The number of hydrogen-bond acceptors (Lipinski definition) is 4. The molecule has 0 atom stereocenters. The van der Waals surface area contributed by atoms with E-state index in [4.69, 9.17) is 0 Å². The Hall–Kier alpha value is -4.01. The molecular weight excluding hydrogens is 365 g/mol. The molecule has 0 fully saturated rings. The van der Waals surface area contributed by atoms with Crippen LogP contribution in [-0.2, 0) is 11.3 Å². The van der Waals surface area contributed by atoms with E-state index in [0.717, 1.165) is 10.6 Å². The average Bonchev–Trinajstić information content (AvgIpc) is 3.20. The topological polar surface area (TPSA) is 102 Å². The zero-order chi connectivity index (χ0) is 19.7. The van der Waals surface area contributed by atoms with Crippen molar-refractivity contribution in [1.82, 2.24) is 19.1 Å². The predicted octanol–water partition coefficient (Wildman–Crippen LogP) is 1.65.